The van der Waals surface area contributed by atoms with Crippen LogP contribution in [0, 0.1) is 12.8 Å². The molecule has 0 aliphatic heterocycles. The Hall–Kier alpha value is -0.960. The molecule has 0 spiro atoms. The van der Waals surface area contributed by atoms with Crippen molar-refractivity contribution < 1.29 is 9.90 Å². The van der Waals surface area contributed by atoms with E-state index in [9.17, 15) is 4.79 Å². The minimum atomic E-state index is -0.739. The zero-order chi connectivity index (χ0) is 11.4. The highest BCUT2D eigenvalue weighted by atomic mass is 32.2. The van der Waals surface area contributed by atoms with E-state index in [0.29, 0.717) is 0 Å². The highest BCUT2D eigenvalue weighted by molar-refractivity contribution is 8.00. The number of rotatable bonds is 4. The smallest absolute Gasteiger partial charge is 0.317 e. The molecule has 3 heteroatoms. The predicted molar refractivity (Wildman–Crippen MR) is 63.3 cm³/mol. The number of aryl methyl sites for hydroxylation is 1. The van der Waals surface area contributed by atoms with Gasteiger partial charge in [-0.2, -0.15) is 0 Å². The van der Waals surface area contributed by atoms with E-state index in [-0.39, 0.29) is 11.2 Å². The van der Waals surface area contributed by atoms with Crippen molar-refractivity contribution in [3.63, 3.8) is 0 Å². The number of hydrogen-bond donors (Lipinski definition) is 1. The molecule has 0 bridgehead atoms. The molecule has 82 valence electrons. The van der Waals surface area contributed by atoms with Gasteiger partial charge in [0.1, 0.15) is 5.25 Å². The van der Waals surface area contributed by atoms with Crippen molar-refractivity contribution >= 4 is 17.7 Å². The van der Waals surface area contributed by atoms with E-state index in [4.69, 9.17) is 5.11 Å². The zero-order valence-electron chi connectivity index (χ0n) is 9.23. The third kappa shape index (κ3) is 3.59. The Morgan fingerprint density at radius 1 is 1.40 bits per heavy atom. The first-order valence-corrected chi connectivity index (χ1v) is 5.85. The summed E-state index contributed by atoms with van der Waals surface area (Å²) in [6, 6.07) is 7.94. The second-order valence-corrected chi connectivity index (χ2v) is 5.15. The van der Waals surface area contributed by atoms with Crippen molar-refractivity contribution in [3.05, 3.63) is 29.8 Å². The van der Waals surface area contributed by atoms with Gasteiger partial charge in [0.05, 0.1) is 0 Å². The van der Waals surface area contributed by atoms with E-state index in [2.05, 4.69) is 0 Å². The van der Waals surface area contributed by atoms with E-state index in [1.807, 2.05) is 45.0 Å². The second kappa shape index (κ2) is 5.21. The first-order chi connectivity index (χ1) is 7.00. The van der Waals surface area contributed by atoms with Crippen molar-refractivity contribution in [2.24, 2.45) is 5.92 Å². The van der Waals surface area contributed by atoms with E-state index in [0.717, 1.165) is 10.5 Å². The van der Waals surface area contributed by atoms with Crippen molar-refractivity contribution in [2.75, 3.05) is 0 Å². The molecule has 0 heterocycles. The number of benzene rings is 1. The van der Waals surface area contributed by atoms with Crippen molar-refractivity contribution in [1.82, 2.24) is 0 Å². The first-order valence-electron chi connectivity index (χ1n) is 4.97. The van der Waals surface area contributed by atoms with Crippen LogP contribution in [-0.4, -0.2) is 16.3 Å². The maximum atomic E-state index is 11.0. The predicted octanol–water partition coefficient (Wildman–Crippen LogP) is 3.20. The van der Waals surface area contributed by atoms with Crippen LogP contribution in [0.15, 0.2) is 29.2 Å². The van der Waals surface area contributed by atoms with Crippen LogP contribution in [0.5, 0.6) is 0 Å². The monoisotopic (exact) mass is 224 g/mol. The highest BCUT2D eigenvalue weighted by Gasteiger charge is 2.22. The lowest BCUT2D eigenvalue weighted by molar-refractivity contribution is -0.137. The lowest BCUT2D eigenvalue weighted by atomic mass is 10.1. The summed E-state index contributed by atoms with van der Waals surface area (Å²) in [5, 5.41) is 8.68. The van der Waals surface area contributed by atoms with Crippen LogP contribution in [0.25, 0.3) is 0 Å². The lowest BCUT2D eigenvalue weighted by Crippen LogP contribution is -2.22. The molecular weight excluding hydrogens is 208 g/mol. The van der Waals surface area contributed by atoms with Gasteiger partial charge in [0.2, 0.25) is 0 Å². The summed E-state index contributed by atoms with van der Waals surface area (Å²) in [5.74, 6) is -0.607. The van der Waals surface area contributed by atoms with Crippen LogP contribution in [0.1, 0.15) is 19.4 Å². The number of aliphatic carboxylic acids is 1. The third-order valence-corrected chi connectivity index (χ3v) is 3.63. The van der Waals surface area contributed by atoms with E-state index in [1.165, 1.54) is 11.8 Å². The number of carboxylic acid groups (broad SMARTS) is 1. The Morgan fingerprint density at radius 3 is 2.53 bits per heavy atom. The van der Waals surface area contributed by atoms with Crippen LogP contribution in [0.3, 0.4) is 0 Å². The summed E-state index contributed by atoms with van der Waals surface area (Å²) < 4.78 is 0. The van der Waals surface area contributed by atoms with Crippen LogP contribution >= 0.6 is 11.8 Å². The molecule has 0 radical (unpaired) electrons. The molecule has 1 unspecified atom stereocenters. The van der Waals surface area contributed by atoms with Gasteiger partial charge in [0, 0.05) is 4.90 Å². The SMILES string of the molecule is Cc1cccc(SC(C(=O)O)C(C)C)c1. The molecular formula is C12H16O2S. The molecule has 0 aliphatic rings. The number of hydrogen-bond acceptors (Lipinski definition) is 2. The Morgan fingerprint density at radius 2 is 2.07 bits per heavy atom. The van der Waals surface area contributed by atoms with Crippen LogP contribution in [-0.2, 0) is 4.79 Å². The van der Waals surface area contributed by atoms with Crippen molar-refractivity contribution in [1.29, 1.82) is 0 Å². The lowest BCUT2D eigenvalue weighted by Gasteiger charge is -2.15. The van der Waals surface area contributed by atoms with E-state index < -0.39 is 5.97 Å². The van der Waals surface area contributed by atoms with Gasteiger partial charge in [-0.25, -0.2) is 0 Å². The molecule has 2 nitrogen and oxygen atoms in total. The fourth-order valence-electron chi connectivity index (χ4n) is 1.31. The molecule has 1 atom stereocenters. The maximum Gasteiger partial charge on any atom is 0.317 e. The molecule has 0 amide bonds. The average molecular weight is 224 g/mol. The Labute approximate surface area is 94.7 Å². The standard InChI is InChI=1S/C12H16O2S/c1-8(2)11(12(13)14)15-10-6-4-5-9(3)7-10/h4-8,11H,1-3H3,(H,13,14). The average Bonchev–Trinajstić information content (AvgIpc) is 2.13. The van der Waals surface area contributed by atoms with Gasteiger partial charge < -0.3 is 5.11 Å². The number of thioether (sulfide) groups is 1. The molecule has 1 aromatic carbocycles. The number of carboxylic acids is 1. The fourth-order valence-corrected chi connectivity index (χ4v) is 2.38. The molecule has 0 saturated heterocycles. The quantitative estimate of drug-likeness (QED) is 0.798. The summed E-state index contributed by atoms with van der Waals surface area (Å²) in [6.45, 7) is 5.87. The summed E-state index contributed by atoms with van der Waals surface area (Å²) in [5.41, 5.74) is 1.16. The van der Waals surface area contributed by atoms with Crippen LogP contribution in [0.2, 0.25) is 0 Å². The Balaban J connectivity index is 2.79. The van der Waals surface area contributed by atoms with Crippen LogP contribution in [0.4, 0.5) is 0 Å². The minimum absolute atomic E-state index is 0.132. The first kappa shape index (κ1) is 12.1. The van der Waals surface area contributed by atoms with Gasteiger partial charge in [-0.1, -0.05) is 31.5 Å². The molecule has 0 aromatic heterocycles. The van der Waals surface area contributed by atoms with Crippen LogP contribution < -0.4 is 0 Å². The summed E-state index contributed by atoms with van der Waals surface area (Å²) in [6.07, 6.45) is 0. The molecule has 0 saturated carbocycles. The molecule has 15 heavy (non-hydrogen) atoms. The molecule has 1 aromatic rings. The van der Waals surface area contributed by atoms with Gasteiger partial charge in [-0.05, 0) is 25.0 Å². The molecule has 0 fully saturated rings. The fraction of sp³-hybridized carbons (Fsp3) is 0.417. The van der Waals surface area contributed by atoms with Gasteiger partial charge in [-0.3, -0.25) is 4.79 Å². The van der Waals surface area contributed by atoms with E-state index in [1.54, 1.807) is 0 Å². The Bertz CT molecular complexity index is 347. The van der Waals surface area contributed by atoms with Gasteiger partial charge in [0.15, 0.2) is 0 Å². The van der Waals surface area contributed by atoms with Crippen molar-refractivity contribution in [2.45, 2.75) is 30.9 Å². The summed E-state index contributed by atoms with van der Waals surface area (Å²) in [4.78, 5) is 12.0. The molecule has 1 N–H and O–H groups in total. The Kier molecular flexibility index (Phi) is 4.21. The number of carbonyl (C=O) groups is 1. The molecule has 1 rings (SSSR count). The summed E-state index contributed by atoms with van der Waals surface area (Å²) >= 11 is 1.42. The summed E-state index contributed by atoms with van der Waals surface area (Å²) in [7, 11) is 0. The maximum absolute atomic E-state index is 11.0. The zero-order valence-corrected chi connectivity index (χ0v) is 10.0. The second-order valence-electron chi connectivity index (χ2n) is 3.94. The topological polar surface area (TPSA) is 37.3 Å². The third-order valence-electron chi connectivity index (χ3n) is 2.10. The van der Waals surface area contributed by atoms with Gasteiger partial charge >= 0.3 is 5.97 Å². The highest BCUT2D eigenvalue weighted by Crippen LogP contribution is 2.28. The largest absolute Gasteiger partial charge is 0.480 e. The normalized spacial score (nSPS) is 12.8. The van der Waals surface area contributed by atoms with Gasteiger partial charge in [0.25, 0.3) is 0 Å². The van der Waals surface area contributed by atoms with E-state index >= 15 is 0 Å². The minimum Gasteiger partial charge on any atom is -0.480 e. The molecule has 0 aliphatic carbocycles. The van der Waals surface area contributed by atoms with Gasteiger partial charge in [-0.15, -0.1) is 11.8 Å². The van der Waals surface area contributed by atoms with Crippen molar-refractivity contribution in [3.8, 4) is 0 Å².